The topological polar surface area (TPSA) is 76.7 Å². The van der Waals surface area contributed by atoms with Crippen LogP contribution in [-0.4, -0.2) is 27.5 Å². The van der Waals surface area contributed by atoms with Gasteiger partial charge in [0.05, 0.1) is 0 Å². The van der Waals surface area contributed by atoms with Gasteiger partial charge >= 0.3 is 0 Å². The number of aryl methyl sites for hydroxylation is 1. The highest BCUT2D eigenvalue weighted by Crippen LogP contribution is 2.41. The second-order valence-electron chi connectivity index (χ2n) is 7.09. The van der Waals surface area contributed by atoms with Gasteiger partial charge in [-0.3, -0.25) is 4.98 Å². The zero-order valence-electron chi connectivity index (χ0n) is 14.0. The van der Waals surface area contributed by atoms with Gasteiger partial charge in [-0.2, -0.15) is 0 Å². The van der Waals surface area contributed by atoms with Gasteiger partial charge in [-0.15, -0.1) is 0 Å². The van der Waals surface area contributed by atoms with Crippen LogP contribution in [0.3, 0.4) is 0 Å². The summed E-state index contributed by atoms with van der Waals surface area (Å²) in [5.74, 6) is 3.10. The van der Waals surface area contributed by atoms with Gasteiger partial charge in [0, 0.05) is 48.1 Å². The Kier molecular flexibility index (Phi) is 4.43. The van der Waals surface area contributed by atoms with Crippen LogP contribution in [0.2, 0.25) is 0 Å². The molecule has 5 heteroatoms. The van der Waals surface area contributed by atoms with Gasteiger partial charge in [0.1, 0.15) is 11.6 Å². The average molecular weight is 323 g/mol. The normalized spacial score (nSPS) is 22.9. The van der Waals surface area contributed by atoms with Crippen molar-refractivity contribution >= 4 is 5.82 Å². The van der Waals surface area contributed by atoms with Crippen LogP contribution in [0.5, 0.6) is 0 Å². The predicted molar refractivity (Wildman–Crippen MR) is 95.0 cm³/mol. The van der Waals surface area contributed by atoms with E-state index in [0.717, 1.165) is 49.6 Å². The molecule has 2 aromatic rings. The molecule has 0 aromatic carbocycles. The van der Waals surface area contributed by atoms with Crippen molar-refractivity contribution in [3.05, 3.63) is 47.7 Å². The fourth-order valence-corrected chi connectivity index (χ4v) is 3.24. The summed E-state index contributed by atoms with van der Waals surface area (Å²) in [5, 5.41) is 3.48. The molecule has 24 heavy (non-hydrogen) atoms. The van der Waals surface area contributed by atoms with Crippen molar-refractivity contribution in [1.29, 1.82) is 0 Å². The first-order valence-electron chi connectivity index (χ1n) is 9.06. The van der Waals surface area contributed by atoms with Crippen LogP contribution in [-0.2, 0) is 6.42 Å². The van der Waals surface area contributed by atoms with Crippen molar-refractivity contribution in [2.24, 2.45) is 5.73 Å². The molecule has 5 nitrogen and oxygen atoms in total. The summed E-state index contributed by atoms with van der Waals surface area (Å²) in [7, 11) is 0. The van der Waals surface area contributed by atoms with E-state index in [1.54, 1.807) is 0 Å². The Labute approximate surface area is 143 Å². The van der Waals surface area contributed by atoms with E-state index in [9.17, 15) is 0 Å². The van der Waals surface area contributed by atoms with Gasteiger partial charge in [-0.1, -0.05) is 6.07 Å². The minimum absolute atomic E-state index is 0.351. The lowest BCUT2D eigenvalue weighted by Gasteiger charge is -2.32. The third-order valence-electron chi connectivity index (χ3n) is 4.94. The van der Waals surface area contributed by atoms with Crippen LogP contribution in [0.25, 0.3) is 0 Å². The standard InChI is InChI=1S/C19H25N5/c20-15-10-14(11-15)17-12-18(24-19(23-17)13-6-7-13)22-9-3-5-16-4-1-2-8-21-16/h1-2,4,8,12-15H,3,5-7,9-11,20H2,(H,22,23,24). The molecular weight excluding hydrogens is 298 g/mol. The van der Waals surface area contributed by atoms with E-state index in [0.29, 0.717) is 17.9 Å². The zero-order chi connectivity index (χ0) is 16.4. The average Bonchev–Trinajstić information content (AvgIpc) is 3.42. The Morgan fingerprint density at radius 3 is 2.71 bits per heavy atom. The van der Waals surface area contributed by atoms with E-state index in [1.807, 2.05) is 18.3 Å². The van der Waals surface area contributed by atoms with E-state index >= 15 is 0 Å². The zero-order valence-corrected chi connectivity index (χ0v) is 14.0. The molecule has 0 spiro atoms. The maximum atomic E-state index is 5.94. The fraction of sp³-hybridized carbons (Fsp3) is 0.526. The molecule has 2 heterocycles. The number of rotatable bonds is 7. The Balaban J connectivity index is 1.37. The van der Waals surface area contributed by atoms with E-state index in [-0.39, 0.29) is 0 Å². The van der Waals surface area contributed by atoms with Crippen LogP contribution in [0.1, 0.15) is 61.2 Å². The molecule has 0 saturated heterocycles. The monoisotopic (exact) mass is 323 g/mol. The van der Waals surface area contributed by atoms with Crippen molar-refractivity contribution < 1.29 is 0 Å². The maximum absolute atomic E-state index is 5.94. The molecule has 3 N–H and O–H groups in total. The van der Waals surface area contributed by atoms with Crippen molar-refractivity contribution in [3.8, 4) is 0 Å². The molecule has 2 aromatic heterocycles. The minimum atomic E-state index is 0.351. The Morgan fingerprint density at radius 2 is 2.00 bits per heavy atom. The van der Waals surface area contributed by atoms with Crippen molar-refractivity contribution in [2.45, 2.75) is 56.4 Å². The van der Waals surface area contributed by atoms with Crippen LogP contribution in [0.4, 0.5) is 5.82 Å². The molecule has 0 atom stereocenters. The molecule has 2 aliphatic rings. The number of nitrogens with two attached hydrogens (primary N) is 1. The number of nitrogens with zero attached hydrogens (tertiary/aromatic N) is 3. The van der Waals surface area contributed by atoms with Crippen LogP contribution >= 0.6 is 0 Å². The Hall–Kier alpha value is -2.01. The van der Waals surface area contributed by atoms with Gasteiger partial charge in [0.2, 0.25) is 0 Å². The highest BCUT2D eigenvalue weighted by Gasteiger charge is 2.32. The largest absolute Gasteiger partial charge is 0.370 e. The molecule has 2 aliphatic carbocycles. The smallest absolute Gasteiger partial charge is 0.134 e. The Morgan fingerprint density at radius 1 is 1.12 bits per heavy atom. The molecular formula is C19H25N5. The Bertz CT molecular complexity index is 677. The van der Waals surface area contributed by atoms with Crippen LogP contribution in [0, 0.1) is 0 Å². The SMILES string of the molecule is NC1CC(c2cc(NCCCc3ccccn3)nc(C3CC3)n2)C1. The quantitative estimate of drug-likeness (QED) is 0.766. The van der Waals surface area contributed by atoms with Crippen molar-refractivity contribution in [2.75, 3.05) is 11.9 Å². The van der Waals surface area contributed by atoms with E-state index < -0.39 is 0 Å². The van der Waals surface area contributed by atoms with E-state index in [4.69, 9.17) is 15.7 Å². The van der Waals surface area contributed by atoms with Gasteiger partial charge < -0.3 is 11.1 Å². The lowest BCUT2D eigenvalue weighted by atomic mass is 9.78. The lowest BCUT2D eigenvalue weighted by Crippen LogP contribution is -2.35. The van der Waals surface area contributed by atoms with Gasteiger partial charge in [0.25, 0.3) is 0 Å². The number of anilines is 1. The van der Waals surface area contributed by atoms with Crippen LogP contribution < -0.4 is 11.1 Å². The molecule has 0 aliphatic heterocycles. The third kappa shape index (κ3) is 3.73. The third-order valence-corrected chi connectivity index (χ3v) is 4.94. The lowest BCUT2D eigenvalue weighted by molar-refractivity contribution is 0.344. The summed E-state index contributed by atoms with van der Waals surface area (Å²) in [4.78, 5) is 13.9. The summed E-state index contributed by atoms with van der Waals surface area (Å²) < 4.78 is 0. The predicted octanol–water partition coefficient (Wildman–Crippen LogP) is 3.00. The second-order valence-corrected chi connectivity index (χ2v) is 7.09. The molecule has 0 amide bonds. The fourth-order valence-electron chi connectivity index (χ4n) is 3.24. The van der Waals surface area contributed by atoms with Gasteiger partial charge in [-0.05, 0) is 50.7 Å². The highest BCUT2D eigenvalue weighted by atomic mass is 15.0. The summed E-state index contributed by atoms with van der Waals surface area (Å²) in [6, 6.07) is 8.55. The molecule has 0 bridgehead atoms. The molecule has 126 valence electrons. The van der Waals surface area contributed by atoms with Gasteiger partial charge in [-0.25, -0.2) is 9.97 Å². The van der Waals surface area contributed by atoms with E-state index in [1.165, 1.54) is 18.5 Å². The first-order valence-corrected chi connectivity index (χ1v) is 9.06. The number of pyridine rings is 1. The molecule has 0 radical (unpaired) electrons. The number of nitrogens with one attached hydrogen (secondary N) is 1. The molecule has 4 rings (SSSR count). The number of hydrogen-bond donors (Lipinski definition) is 2. The summed E-state index contributed by atoms with van der Waals surface area (Å²) in [6.45, 7) is 0.904. The van der Waals surface area contributed by atoms with Crippen molar-refractivity contribution in [1.82, 2.24) is 15.0 Å². The maximum Gasteiger partial charge on any atom is 0.134 e. The number of aromatic nitrogens is 3. The number of hydrogen-bond acceptors (Lipinski definition) is 5. The van der Waals surface area contributed by atoms with Gasteiger partial charge in [0.15, 0.2) is 0 Å². The highest BCUT2D eigenvalue weighted by molar-refractivity contribution is 5.38. The first-order chi connectivity index (χ1) is 11.8. The van der Waals surface area contributed by atoms with Crippen LogP contribution in [0.15, 0.2) is 30.5 Å². The van der Waals surface area contributed by atoms with Crippen molar-refractivity contribution in [3.63, 3.8) is 0 Å². The minimum Gasteiger partial charge on any atom is -0.370 e. The molecule has 2 fully saturated rings. The molecule has 2 saturated carbocycles. The first kappa shape index (κ1) is 15.5. The summed E-state index contributed by atoms with van der Waals surface area (Å²) in [6.07, 6.45) is 8.45. The summed E-state index contributed by atoms with van der Waals surface area (Å²) >= 11 is 0. The van der Waals surface area contributed by atoms with E-state index in [2.05, 4.69) is 22.4 Å². The summed E-state index contributed by atoms with van der Waals surface area (Å²) in [5.41, 5.74) is 8.27. The molecule has 0 unspecified atom stereocenters. The second kappa shape index (κ2) is 6.85.